The predicted octanol–water partition coefficient (Wildman–Crippen LogP) is 2.32. The molecule has 35 heavy (non-hydrogen) atoms. The molecule has 3 heterocycles. The van der Waals surface area contributed by atoms with Gasteiger partial charge in [0, 0.05) is 37.1 Å². The molecule has 0 radical (unpaired) electrons. The number of nitriles is 1. The van der Waals surface area contributed by atoms with E-state index in [2.05, 4.69) is 20.9 Å². The third-order valence-corrected chi connectivity index (χ3v) is 6.04. The van der Waals surface area contributed by atoms with Gasteiger partial charge in [-0.3, -0.25) is 9.69 Å². The summed E-state index contributed by atoms with van der Waals surface area (Å²) in [4.78, 5) is 21.9. The van der Waals surface area contributed by atoms with Gasteiger partial charge in [0.1, 0.15) is 24.5 Å². The maximum atomic E-state index is 12.7. The number of H-pyrrole nitrogens is 1. The van der Waals surface area contributed by atoms with Crippen LogP contribution in [-0.4, -0.2) is 70.1 Å². The molecule has 0 amide bonds. The lowest BCUT2D eigenvalue weighted by Gasteiger charge is -2.28. The molecule has 2 N–H and O–H groups in total. The number of para-hydroxylation sites is 1. The number of aromatic amines is 1. The van der Waals surface area contributed by atoms with Crippen LogP contribution < -0.4 is 10.3 Å². The number of hydrogen-bond donors (Lipinski definition) is 2. The van der Waals surface area contributed by atoms with Crippen molar-refractivity contribution in [2.45, 2.75) is 6.10 Å². The molecule has 0 bridgehead atoms. The van der Waals surface area contributed by atoms with E-state index in [1.54, 1.807) is 18.2 Å². The van der Waals surface area contributed by atoms with Crippen LogP contribution in [0.3, 0.4) is 0 Å². The first kappa shape index (κ1) is 22.8. The lowest BCUT2D eigenvalue weighted by atomic mass is 10.0. The number of benzene rings is 2. The van der Waals surface area contributed by atoms with E-state index in [0.29, 0.717) is 53.2 Å². The fourth-order valence-electron chi connectivity index (χ4n) is 4.31. The fourth-order valence-corrected chi connectivity index (χ4v) is 4.31. The van der Waals surface area contributed by atoms with Gasteiger partial charge in [-0.25, -0.2) is 4.98 Å². The van der Waals surface area contributed by atoms with Crippen LogP contribution in [0, 0.1) is 11.3 Å². The lowest BCUT2D eigenvalue weighted by Crippen LogP contribution is -2.42. The average Bonchev–Trinajstić information content (AvgIpc) is 3.29. The molecule has 0 aliphatic carbocycles. The maximum absolute atomic E-state index is 12.7. The second-order valence-electron chi connectivity index (χ2n) is 8.38. The summed E-state index contributed by atoms with van der Waals surface area (Å²) in [5.41, 5.74) is 2.82. The third kappa shape index (κ3) is 4.81. The Balaban J connectivity index is 1.43. The molecule has 4 aromatic rings. The molecule has 1 saturated heterocycles. The highest BCUT2D eigenvalue weighted by Crippen LogP contribution is 2.32. The summed E-state index contributed by atoms with van der Waals surface area (Å²) in [6, 6.07) is 17.0. The second kappa shape index (κ2) is 10.1. The number of aliphatic hydroxyl groups is 1. The van der Waals surface area contributed by atoms with Gasteiger partial charge in [0.15, 0.2) is 5.65 Å². The van der Waals surface area contributed by atoms with Crippen molar-refractivity contribution in [2.24, 2.45) is 0 Å². The van der Waals surface area contributed by atoms with Crippen molar-refractivity contribution in [1.29, 1.82) is 5.26 Å². The normalized spacial score (nSPS) is 15.1. The Kier molecular flexibility index (Phi) is 6.59. The average molecular weight is 472 g/mol. The van der Waals surface area contributed by atoms with Gasteiger partial charge >= 0.3 is 0 Å². The van der Waals surface area contributed by atoms with E-state index in [1.807, 2.05) is 41.1 Å². The highest BCUT2D eigenvalue weighted by atomic mass is 16.5. The summed E-state index contributed by atoms with van der Waals surface area (Å²) in [5.74, 6) is 0.385. The number of ether oxygens (including phenoxy) is 2. The largest absolute Gasteiger partial charge is 0.489 e. The molecule has 1 aliphatic rings. The summed E-state index contributed by atoms with van der Waals surface area (Å²) >= 11 is 0. The van der Waals surface area contributed by atoms with Crippen LogP contribution in [0.4, 0.5) is 0 Å². The fraction of sp³-hybridized carbons (Fsp3) is 0.269. The van der Waals surface area contributed by atoms with Crippen LogP contribution >= 0.6 is 0 Å². The quantitative estimate of drug-likeness (QED) is 0.425. The highest BCUT2D eigenvalue weighted by molar-refractivity contribution is 5.94. The number of nitrogens with zero attached hydrogens (tertiary/aromatic N) is 4. The Morgan fingerprint density at radius 1 is 1.20 bits per heavy atom. The van der Waals surface area contributed by atoms with Gasteiger partial charge in [0.2, 0.25) is 0 Å². The molecule has 1 atom stereocenters. The van der Waals surface area contributed by atoms with Gasteiger partial charge in [0.05, 0.1) is 30.5 Å². The molecule has 0 saturated carbocycles. The minimum Gasteiger partial charge on any atom is -0.489 e. The number of fused-ring (bicyclic) bond motifs is 1. The van der Waals surface area contributed by atoms with Crippen molar-refractivity contribution < 1.29 is 14.6 Å². The van der Waals surface area contributed by atoms with Crippen LogP contribution in [-0.2, 0) is 4.74 Å². The van der Waals surface area contributed by atoms with Crippen LogP contribution in [0.5, 0.6) is 5.75 Å². The Morgan fingerprint density at radius 2 is 2.00 bits per heavy atom. The van der Waals surface area contributed by atoms with E-state index >= 15 is 0 Å². The molecule has 9 nitrogen and oxygen atoms in total. The molecule has 2 aromatic heterocycles. The van der Waals surface area contributed by atoms with Crippen molar-refractivity contribution in [1.82, 2.24) is 19.4 Å². The monoisotopic (exact) mass is 471 g/mol. The van der Waals surface area contributed by atoms with Crippen LogP contribution in [0.25, 0.3) is 27.8 Å². The van der Waals surface area contributed by atoms with Crippen molar-refractivity contribution in [3.8, 4) is 28.6 Å². The minimum absolute atomic E-state index is 0.0717. The number of aromatic nitrogens is 3. The first-order chi connectivity index (χ1) is 17.1. The number of β-amino-alcohol motifs (C(OH)–C–C–N with tert-alkyl or cyclic N) is 1. The van der Waals surface area contributed by atoms with E-state index in [-0.39, 0.29) is 12.2 Å². The van der Waals surface area contributed by atoms with Crippen molar-refractivity contribution in [3.63, 3.8) is 0 Å². The highest BCUT2D eigenvalue weighted by Gasteiger charge is 2.19. The Morgan fingerprint density at radius 3 is 2.77 bits per heavy atom. The maximum Gasteiger partial charge on any atom is 0.260 e. The van der Waals surface area contributed by atoms with Crippen LogP contribution in [0.2, 0.25) is 0 Å². The van der Waals surface area contributed by atoms with Gasteiger partial charge in [-0.05, 0) is 29.8 Å². The molecule has 2 aromatic carbocycles. The first-order valence-electron chi connectivity index (χ1n) is 11.4. The van der Waals surface area contributed by atoms with E-state index in [4.69, 9.17) is 9.47 Å². The minimum atomic E-state index is -0.687. The standard InChI is InChI=1S/C26H25N5O4/c27-13-19-12-18(6-7-23(19)35-16-21(32)14-30-8-10-34-11-9-30)22-15-31(20-4-2-1-3-5-20)25-24(22)26(33)29-17-28-25/h1-7,12,15,17,21,32H,8-11,14,16H2,(H,28,29,33). The summed E-state index contributed by atoms with van der Waals surface area (Å²) in [7, 11) is 0. The van der Waals surface area contributed by atoms with Crippen LogP contribution in [0.1, 0.15) is 5.56 Å². The van der Waals surface area contributed by atoms with Crippen molar-refractivity contribution in [3.05, 3.63) is 77.0 Å². The number of morpholine rings is 1. The first-order valence-corrected chi connectivity index (χ1v) is 11.4. The number of hydrogen-bond acceptors (Lipinski definition) is 7. The molecular weight excluding hydrogens is 446 g/mol. The van der Waals surface area contributed by atoms with E-state index in [0.717, 1.165) is 18.8 Å². The van der Waals surface area contributed by atoms with Crippen LogP contribution in [0.15, 0.2) is 65.8 Å². The van der Waals surface area contributed by atoms with Gasteiger partial charge < -0.3 is 24.1 Å². The van der Waals surface area contributed by atoms with E-state index < -0.39 is 6.10 Å². The summed E-state index contributed by atoms with van der Waals surface area (Å²) in [6.45, 7) is 3.43. The zero-order valence-corrected chi connectivity index (χ0v) is 19.1. The number of nitrogens with one attached hydrogen (secondary N) is 1. The second-order valence-corrected chi connectivity index (χ2v) is 8.38. The molecule has 0 spiro atoms. The van der Waals surface area contributed by atoms with E-state index in [1.165, 1.54) is 6.33 Å². The van der Waals surface area contributed by atoms with E-state index in [9.17, 15) is 15.2 Å². The van der Waals surface area contributed by atoms with Gasteiger partial charge in [0.25, 0.3) is 5.56 Å². The zero-order chi connectivity index (χ0) is 24.2. The van der Waals surface area contributed by atoms with Crippen molar-refractivity contribution >= 4 is 11.0 Å². The molecule has 9 heteroatoms. The third-order valence-electron chi connectivity index (χ3n) is 6.04. The molecule has 178 valence electrons. The predicted molar refractivity (Wildman–Crippen MR) is 131 cm³/mol. The topological polar surface area (TPSA) is 116 Å². The molecule has 5 rings (SSSR count). The summed E-state index contributed by atoms with van der Waals surface area (Å²) in [6.07, 6.45) is 2.55. The molecule has 1 fully saturated rings. The Hall–Kier alpha value is -3.97. The van der Waals surface area contributed by atoms with Gasteiger partial charge in [-0.2, -0.15) is 5.26 Å². The Labute approximate surface area is 201 Å². The molecule has 1 unspecified atom stereocenters. The molecule has 1 aliphatic heterocycles. The molecular formula is C26H25N5O4. The zero-order valence-electron chi connectivity index (χ0n) is 19.1. The Bertz CT molecular complexity index is 1420. The van der Waals surface area contributed by atoms with Gasteiger partial charge in [-0.15, -0.1) is 0 Å². The van der Waals surface area contributed by atoms with Gasteiger partial charge in [-0.1, -0.05) is 24.3 Å². The SMILES string of the molecule is N#Cc1cc(-c2cn(-c3ccccc3)c3nc[nH]c(=O)c23)ccc1OCC(O)CN1CCOCC1. The number of rotatable bonds is 7. The summed E-state index contributed by atoms with van der Waals surface area (Å²) < 4.78 is 13.0. The lowest BCUT2D eigenvalue weighted by molar-refractivity contribution is 0.00463. The summed E-state index contributed by atoms with van der Waals surface area (Å²) in [5, 5.41) is 20.6. The van der Waals surface area contributed by atoms with Crippen molar-refractivity contribution in [2.75, 3.05) is 39.5 Å². The number of aliphatic hydroxyl groups excluding tert-OH is 1. The smallest absolute Gasteiger partial charge is 0.260 e.